The smallest absolute Gasteiger partial charge is 0.318 e. The van der Waals surface area contributed by atoms with Crippen LogP contribution in [0.4, 0.5) is 9.18 Å². The van der Waals surface area contributed by atoms with Gasteiger partial charge in [-0.1, -0.05) is 18.2 Å². The van der Waals surface area contributed by atoms with E-state index in [2.05, 4.69) is 5.32 Å². The normalized spacial score (nSPS) is 20.7. The van der Waals surface area contributed by atoms with Crippen LogP contribution in [0, 0.1) is 11.7 Å². The van der Waals surface area contributed by atoms with Gasteiger partial charge in [-0.3, -0.25) is 4.79 Å². The minimum Gasteiger partial charge on any atom is -0.481 e. The molecule has 5 nitrogen and oxygen atoms in total. The zero-order valence-corrected chi connectivity index (χ0v) is 14.2. The van der Waals surface area contributed by atoms with Gasteiger partial charge in [0.05, 0.1) is 12.5 Å². The monoisotopic (exact) mass is 336 g/mol. The Morgan fingerprint density at radius 2 is 1.88 bits per heavy atom. The third-order valence-electron chi connectivity index (χ3n) is 4.59. The van der Waals surface area contributed by atoms with E-state index in [0.717, 1.165) is 0 Å². The van der Waals surface area contributed by atoms with Crippen LogP contribution in [0.15, 0.2) is 24.3 Å². The molecule has 0 aliphatic heterocycles. The van der Waals surface area contributed by atoms with E-state index in [9.17, 15) is 14.0 Å². The van der Waals surface area contributed by atoms with Crippen molar-refractivity contribution in [3.05, 3.63) is 35.6 Å². The summed E-state index contributed by atoms with van der Waals surface area (Å²) in [5.41, 5.74) is 0.482. The molecule has 0 radical (unpaired) electrons. The average Bonchev–Trinajstić information content (AvgIpc) is 2.54. The maximum atomic E-state index is 13.8. The number of halogens is 1. The Labute approximate surface area is 141 Å². The average molecular weight is 336 g/mol. The zero-order chi connectivity index (χ0) is 17.7. The number of aliphatic carboxylic acids is 1. The summed E-state index contributed by atoms with van der Waals surface area (Å²) in [4.78, 5) is 25.1. The van der Waals surface area contributed by atoms with Crippen molar-refractivity contribution in [2.24, 2.45) is 5.92 Å². The van der Waals surface area contributed by atoms with Crippen molar-refractivity contribution in [2.45, 2.75) is 58.2 Å². The first-order valence-electron chi connectivity index (χ1n) is 8.41. The highest BCUT2D eigenvalue weighted by molar-refractivity contribution is 5.75. The zero-order valence-electron chi connectivity index (χ0n) is 14.2. The number of carbonyl (C=O) groups excluding carboxylic acids is 1. The van der Waals surface area contributed by atoms with Gasteiger partial charge in [0, 0.05) is 17.6 Å². The molecule has 1 aliphatic rings. The Balaban J connectivity index is 1.95. The molecular weight excluding hydrogens is 311 g/mol. The number of urea groups is 1. The standard InChI is InChI=1S/C18H25FN2O3/c1-12(2)21(11-14-5-3-4-6-16(14)19)18(24)20-15-9-7-13(8-10-15)17(22)23/h3-6,12-13,15H,7-11H2,1-2H3,(H,20,24)(H,22,23). The van der Waals surface area contributed by atoms with Crippen LogP contribution in [-0.2, 0) is 11.3 Å². The van der Waals surface area contributed by atoms with Crippen molar-refractivity contribution in [3.63, 3.8) is 0 Å². The maximum Gasteiger partial charge on any atom is 0.318 e. The number of nitrogens with one attached hydrogen (secondary N) is 1. The molecule has 0 atom stereocenters. The first kappa shape index (κ1) is 18.2. The van der Waals surface area contributed by atoms with E-state index in [0.29, 0.717) is 31.2 Å². The summed E-state index contributed by atoms with van der Waals surface area (Å²) < 4.78 is 13.8. The van der Waals surface area contributed by atoms with Crippen LogP contribution in [-0.4, -0.2) is 34.1 Å². The summed E-state index contributed by atoms with van der Waals surface area (Å²) in [7, 11) is 0. The molecule has 0 bridgehead atoms. The lowest BCUT2D eigenvalue weighted by Gasteiger charge is -2.32. The summed E-state index contributed by atoms with van der Waals surface area (Å²) >= 11 is 0. The highest BCUT2D eigenvalue weighted by Crippen LogP contribution is 2.24. The predicted molar refractivity (Wildman–Crippen MR) is 89.0 cm³/mol. The first-order valence-corrected chi connectivity index (χ1v) is 8.41. The molecule has 6 heteroatoms. The number of hydrogen-bond acceptors (Lipinski definition) is 2. The molecule has 1 fully saturated rings. The topological polar surface area (TPSA) is 69.6 Å². The van der Waals surface area contributed by atoms with Crippen LogP contribution in [0.5, 0.6) is 0 Å². The fourth-order valence-corrected chi connectivity index (χ4v) is 3.04. The Bertz CT molecular complexity index is 583. The molecule has 1 aromatic rings. The first-order chi connectivity index (χ1) is 11.4. The number of carbonyl (C=O) groups is 2. The van der Waals surface area contributed by atoms with Crippen molar-refractivity contribution < 1.29 is 19.1 Å². The SMILES string of the molecule is CC(C)N(Cc1ccccc1F)C(=O)NC1CCC(C(=O)O)CC1. The molecule has 1 aromatic carbocycles. The summed E-state index contributed by atoms with van der Waals surface area (Å²) in [6.07, 6.45) is 2.48. The molecule has 132 valence electrons. The fourth-order valence-electron chi connectivity index (χ4n) is 3.04. The molecule has 1 aliphatic carbocycles. The number of benzene rings is 1. The molecule has 2 amide bonds. The van der Waals surface area contributed by atoms with Crippen molar-refractivity contribution in [2.75, 3.05) is 0 Å². The van der Waals surface area contributed by atoms with Gasteiger partial charge >= 0.3 is 12.0 Å². The summed E-state index contributed by atoms with van der Waals surface area (Å²) in [6.45, 7) is 3.99. The number of carboxylic acid groups (broad SMARTS) is 1. The van der Waals surface area contributed by atoms with Crippen LogP contribution in [0.1, 0.15) is 45.1 Å². The van der Waals surface area contributed by atoms with Gasteiger partial charge in [-0.2, -0.15) is 0 Å². The minimum absolute atomic E-state index is 0.0185. The molecule has 0 heterocycles. The van der Waals surface area contributed by atoms with Gasteiger partial charge in [-0.15, -0.1) is 0 Å². The molecule has 2 N–H and O–H groups in total. The second-order valence-corrected chi connectivity index (χ2v) is 6.65. The number of rotatable bonds is 5. The second kappa shape index (κ2) is 8.13. The minimum atomic E-state index is -0.761. The van der Waals surface area contributed by atoms with E-state index >= 15 is 0 Å². The molecule has 0 unspecified atom stereocenters. The van der Waals surface area contributed by atoms with Crippen molar-refractivity contribution >= 4 is 12.0 Å². The molecular formula is C18H25FN2O3. The van der Waals surface area contributed by atoms with Gasteiger partial charge in [-0.05, 0) is 45.6 Å². The Morgan fingerprint density at radius 3 is 2.42 bits per heavy atom. The van der Waals surface area contributed by atoms with E-state index in [1.807, 2.05) is 13.8 Å². The van der Waals surface area contributed by atoms with Gasteiger partial charge in [0.1, 0.15) is 5.82 Å². The van der Waals surface area contributed by atoms with Crippen molar-refractivity contribution in [1.82, 2.24) is 10.2 Å². The van der Waals surface area contributed by atoms with Crippen LogP contribution in [0.25, 0.3) is 0 Å². The van der Waals surface area contributed by atoms with E-state index in [-0.39, 0.29) is 36.4 Å². The van der Waals surface area contributed by atoms with Crippen LogP contribution < -0.4 is 5.32 Å². The van der Waals surface area contributed by atoms with E-state index in [1.54, 1.807) is 23.1 Å². The molecule has 0 aromatic heterocycles. The van der Waals surface area contributed by atoms with Crippen molar-refractivity contribution in [3.8, 4) is 0 Å². The lowest BCUT2D eigenvalue weighted by atomic mass is 9.86. The Hall–Kier alpha value is -2.11. The number of nitrogens with zero attached hydrogens (tertiary/aromatic N) is 1. The molecule has 2 rings (SSSR count). The van der Waals surface area contributed by atoms with E-state index in [1.165, 1.54) is 6.07 Å². The van der Waals surface area contributed by atoms with Crippen molar-refractivity contribution in [1.29, 1.82) is 0 Å². The number of hydrogen-bond donors (Lipinski definition) is 2. The molecule has 0 spiro atoms. The highest BCUT2D eigenvalue weighted by Gasteiger charge is 2.28. The third-order valence-corrected chi connectivity index (χ3v) is 4.59. The molecule has 1 saturated carbocycles. The Morgan fingerprint density at radius 1 is 1.25 bits per heavy atom. The summed E-state index contributed by atoms with van der Waals surface area (Å²) in [5, 5.41) is 12.0. The van der Waals surface area contributed by atoms with Crippen LogP contribution in [0.3, 0.4) is 0 Å². The van der Waals surface area contributed by atoms with E-state index in [4.69, 9.17) is 5.11 Å². The lowest BCUT2D eigenvalue weighted by Crippen LogP contribution is -2.48. The highest BCUT2D eigenvalue weighted by atomic mass is 19.1. The summed E-state index contributed by atoms with van der Waals surface area (Å²) in [5.74, 6) is -1.39. The van der Waals surface area contributed by atoms with Gasteiger partial charge < -0.3 is 15.3 Å². The quantitative estimate of drug-likeness (QED) is 0.866. The molecule has 24 heavy (non-hydrogen) atoms. The Kier molecular flexibility index (Phi) is 6.17. The van der Waals surface area contributed by atoms with E-state index < -0.39 is 5.97 Å². The molecule has 0 saturated heterocycles. The second-order valence-electron chi connectivity index (χ2n) is 6.65. The third kappa shape index (κ3) is 4.69. The van der Waals surface area contributed by atoms with Crippen LogP contribution in [0.2, 0.25) is 0 Å². The fraction of sp³-hybridized carbons (Fsp3) is 0.556. The maximum absolute atomic E-state index is 13.8. The summed E-state index contributed by atoms with van der Waals surface area (Å²) in [6, 6.07) is 6.12. The number of carboxylic acids is 1. The largest absolute Gasteiger partial charge is 0.481 e. The number of amides is 2. The van der Waals surface area contributed by atoms with Gasteiger partial charge in [-0.25, -0.2) is 9.18 Å². The van der Waals surface area contributed by atoms with Gasteiger partial charge in [0.25, 0.3) is 0 Å². The lowest BCUT2D eigenvalue weighted by molar-refractivity contribution is -0.142. The predicted octanol–water partition coefficient (Wildman–Crippen LogP) is 3.39. The van der Waals surface area contributed by atoms with Crippen LogP contribution >= 0.6 is 0 Å². The van der Waals surface area contributed by atoms with Gasteiger partial charge in [0.2, 0.25) is 0 Å². The van der Waals surface area contributed by atoms with Gasteiger partial charge in [0.15, 0.2) is 0 Å².